The van der Waals surface area contributed by atoms with E-state index in [0.29, 0.717) is 6.61 Å². The summed E-state index contributed by atoms with van der Waals surface area (Å²) in [5, 5.41) is 0.890. The van der Waals surface area contributed by atoms with Gasteiger partial charge >= 0.3 is 0 Å². The summed E-state index contributed by atoms with van der Waals surface area (Å²) in [5.41, 5.74) is 1.90. The van der Waals surface area contributed by atoms with Crippen LogP contribution < -0.4 is 4.74 Å². The first-order valence-electron chi connectivity index (χ1n) is 7.85. The molecule has 0 saturated carbocycles. The van der Waals surface area contributed by atoms with E-state index in [4.69, 9.17) is 4.74 Å². The third kappa shape index (κ3) is 3.08. The summed E-state index contributed by atoms with van der Waals surface area (Å²) >= 11 is 0. The Morgan fingerprint density at radius 1 is 0.958 bits per heavy atom. The van der Waals surface area contributed by atoms with E-state index in [1.807, 2.05) is 54.6 Å². The molecule has 2 aromatic carbocycles. The van der Waals surface area contributed by atoms with Crippen molar-refractivity contribution in [3.8, 4) is 5.75 Å². The smallest absolute Gasteiger partial charge is 0.160 e. The van der Waals surface area contributed by atoms with E-state index < -0.39 is 6.04 Å². The maximum Gasteiger partial charge on any atom is 0.160 e. The molecule has 3 rings (SSSR count). The average molecular weight is 321 g/mol. The fourth-order valence-electron chi connectivity index (χ4n) is 2.92. The molecule has 0 aliphatic heterocycles. The van der Waals surface area contributed by atoms with E-state index in [9.17, 15) is 9.59 Å². The number of carbonyl (C=O) groups excluding carboxylic acids is 2. The number of nitrogens with zero attached hydrogens (tertiary/aromatic N) is 1. The standard InChI is InChI=1S/C20H19NO3/c1-14(22)20(15(2)23)21-12-11-17-18(21)9-6-10-19(17)24-13-16-7-4-3-5-8-16/h3-12,20H,13H2,1-2H3. The topological polar surface area (TPSA) is 48.3 Å². The van der Waals surface area contributed by atoms with Crippen molar-refractivity contribution in [2.24, 2.45) is 0 Å². The molecule has 0 fully saturated rings. The highest BCUT2D eigenvalue weighted by atomic mass is 16.5. The first-order chi connectivity index (χ1) is 11.6. The Kier molecular flexibility index (Phi) is 4.47. The number of benzene rings is 2. The van der Waals surface area contributed by atoms with Gasteiger partial charge in [0.1, 0.15) is 18.4 Å². The summed E-state index contributed by atoms with van der Waals surface area (Å²) in [4.78, 5) is 23.7. The molecule has 4 nitrogen and oxygen atoms in total. The number of hydrogen-bond donors (Lipinski definition) is 0. The molecule has 0 saturated heterocycles. The van der Waals surface area contributed by atoms with E-state index in [-0.39, 0.29) is 11.6 Å². The van der Waals surface area contributed by atoms with E-state index in [1.54, 1.807) is 10.8 Å². The molecule has 0 amide bonds. The number of ether oxygens (including phenoxy) is 1. The molecule has 0 unspecified atom stereocenters. The maximum atomic E-state index is 11.9. The van der Waals surface area contributed by atoms with Crippen LogP contribution in [0.3, 0.4) is 0 Å². The number of rotatable bonds is 6. The molecule has 0 spiro atoms. The molecule has 24 heavy (non-hydrogen) atoms. The highest BCUT2D eigenvalue weighted by Crippen LogP contribution is 2.29. The van der Waals surface area contributed by atoms with Crippen LogP contribution >= 0.6 is 0 Å². The van der Waals surface area contributed by atoms with E-state index in [1.165, 1.54) is 13.8 Å². The van der Waals surface area contributed by atoms with Crippen molar-refractivity contribution in [1.29, 1.82) is 0 Å². The normalized spacial score (nSPS) is 11.0. The summed E-state index contributed by atoms with van der Waals surface area (Å²) < 4.78 is 7.65. The molecule has 0 atom stereocenters. The quantitative estimate of drug-likeness (QED) is 0.646. The minimum Gasteiger partial charge on any atom is -0.488 e. The summed E-state index contributed by atoms with van der Waals surface area (Å²) in [6.45, 7) is 3.34. The van der Waals surface area contributed by atoms with Crippen LogP contribution in [0.1, 0.15) is 25.5 Å². The van der Waals surface area contributed by atoms with Gasteiger partial charge in [0.25, 0.3) is 0 Å². The fourth-order valence-corrected chi connectivity index (χ4v) is 2.92. The van der Waals surface area contributed by atoms with Gasteiger partial charge in [-0.05, 0) is 37.6 Å². The zero-order chi connectivity index (χ0) is 17.1. The second-order valence-electron chi connectivity index (χ2n) is 5.81. The molecule has 0 N–H and O–H groups in total. The highest BCUT2D eigenvalue weighted by molar-refractivity contribution is 6.04. The van der Waals surface area contributed by atoms with Gasteiger partial charge in [0.2, 0.25) is 0 Å². The van der Waals surface area contributed by atoms with Crippen molar-refractivity contribution in [2.75, 3.05) is 0 Å². The van der Waals surface area contributed by atoms with Crippen molar-refractivity contribution < 1.29 is 14.3 Å². The van der Waals surface area contributed by atoms with Gasteiger partial charge < -0.3 is 9.30 Å². The predicted molar refractivity (Wildman–Crippen MR) is 93.1 cm³/mol. The Hall–Kier alpha value is -2.88. The Bertz CT molecular complexity index is 866. The second-order valence-corrected chi connectivity index (χ2v) is 5.81. The number of Topliss-reactive ketones (excluding diaryl/α,β-unsaturated/α-hetero) is 2. The molecule has 0 aliphatic rings. The zero-order valence-corrected chi connectivity index (χ0v) is 13.7. The number of ketones is 2. The van der Waals surface area contributed by atoms with Crippen LogP contribution in [0.15, 0.2) is 60.8 Å². The number of carbonyl (C=O) groups is 2. The lowest BCUT2D eigenvalue weighted by Gasteiger charge is -2.14. The molecule has 0 radical (unpaired) electrons. The Balaban J connectivity index is 1.94. The first-order valence-corrected chi connectivity index (χ1v) is 7.85. The van der Waals surface area contributed by atoms with Crippen LogP contribution in [0.5, 0.6) is 5.75 Å². The molecule has 0 bridgehead atoms. The molecule has 4 heteroatoms. The van der Waals surface area contributed by atoms with Gasteiger partial charge in [-0.25, -0.2) is 0 Å². The van der Waals surface area contributed by atoms with Gasteiger partial charge in [-0.3, -0.25) is 9.59 Å². The molecule has 0 aliphatic carbocycles. The number of aromatic nitrogens is 1. The summed E-state index contributed by atoms with van der Waals surface area (Å²) in [7, 11) is 0. The second kappa shape index (κ2) is 6.71. The van der Waals surface area contributed by atoms with E-state index in [2.05, 4.69) is 0 Å². The lowest BCUT2D eigenvalue weighted by Crippen LogP contribution is -2.23. The molecule has 1 aromatic heterocycles. The minimum atomic E-state index is -0.785. The lowest BCUT2D eigenvalue weighted by atomic mass is 10.1. The van der Waals surface area contributed by atoms with Gasteiger partial charge in [0.05, 0.1) is 5.52 Å². The minimum absolute atomic E-state index is 0.171. The van der Waals surface area contributed by atoms with Crippen LogP contribution in [0.2, 0.25) is 0 Å². The molecule has 122 valence electrons. The van der Waals surface area contributed by atoms with Crippen molar-refractivity contribution in [3.05, 3.63) is 66.4 Å². The molecule has 3 aromatic rings. The zero-order valence-electron chi connectivity index (χ0n) is 13.7. The third-order valence-electron chi connectivity index (χ3n) is 4.01. The Labute approximate surface area is 140 Å². The van der Waals surface area contributed by atoms with Crippen LogP contribution in [-0.2, 0) is 16.2 Å². The summed E-state index contributed by atoms with van der Waals surface area (Å²) in [6, 6.07) is 16.7. The molecular formula is C20H19NO3. The summed E-state index contributed by atoms with van der Waals surface area (Å²) in [6.07, 6.45) is 1.77. The van der Waals surface area contributed by atoms with Crippen LogP contribution in [-0.4, -0.2) is 16.1 Å². The van der Waals surface area contributed by atoms with Gasteiger partial charge in [-0.1, -0.05) is 36.4 Å². The van der Waals surface area contributed by atoms with Crippen LogP contribution in [0.4, 0.5) is 0 Å². The first kappa shape index (κ1) is 16.0. The van der Waals surface area contributed by atoms with E-state index >= 15 is 0 Å². The third-order valence-corrected chi connectivity index (χ3v) is 4.01. The van der Waals surface area contributed by atoms with Crippen LogP contribution in [0.25, 0.3) is 10.9 Å². The van der Waals surface area contributed by atoms with Crippen molar-refractivity contribution in [1.82, 2.24) is 4.57 Å². The van der Waals surface area contributed by atoms with Gasteiger partial charge in [-0.15, -0.1) is 0 Å². The van der Waals surface area contributed by atoms with Gasteiger partial charge in [-0.2, -0.15) is 0 Å². The highest BCUT2D eigenvalue weighted by Gasteiger charge is 2.23. The van der Waals surface area contributed by atoms with Crippen LogP contribution in [0, 0.1) is 0 Å². The molecular weight excluding hydrogens is 302 g/mol. The maximum absolute atomic E-state index is 11.9. The predicted octanol–water partition coefficient (Wildman–Crippen LogP) is 3.94. The average Bonchev–Trinajstić information content (AvgIpc) is 2.98. The van der Waals surface area contributed by atoms with Gasteiger partial charge in [0.15, 0.2) is 11.6 Å². The largest absolute Gasteiger partial charge is 0.488 e. The monoisotopic (exact) mass is 321 g/mol. The Morgan fingerprint density at radius 3 is 2.33 bits per heavy atom. The lowest BCUT2D eigenvalue weighted by molar-refractivity contribution is -0.129. The number of hydrogen-bond acceptors (Lipinski definition) is 3. The summed E-state index contributed by atoms with van der Waals surface area (Å²) in [5.74, 6) is 0.396. The Morgan fingerprint density at radius 2 is 1.67 bits per heavy atom. The van der Waals surface area contributed by atoms with Gasteiger partial charge in [0, 0.05) is 11.6 Å². The number of fused-ring (bicyclic) bond motifs is 1. The fraction of sp³-hybridized carbons (Fsp3) is 0.200. The van der Waals surface area contributed by atoms with Crippen molar-refractivity contribution >= 4 is 22.5 Å². The van der Waals surface area contributed by atoms with Crippen molar-refractivity contribution in [2.45, 2.75) is 26.5 Å². The molecule has 1 heterocycles. The van der Waals surface area contributed by atoms with E-state index in [0.717, 1.165) is 22.2 Å². The van der Waals surface area contributed by atoms with Crippen molar-refractivity contribution in [3.63, 3.8) is 0 Å². The SMILES string of the molecule is CC(=O)C(C(C)=O)n1ccc2c(OCc3ccccc3)cccc21.